The summed E-state index contributed by atoms with van der Waals surface area (Å²) in [7, 11) is 0.651. The van der Waals surface area contributed by atoms with E-state index in [0.29, 0.717) is 18.0 Å². The number of ether oxygens (including phenoxy) is 1. The molecule has 3 aromatic rings. The lowest BCUT2D eigenvalue weighted by atomic mass is 10.1. The summed E-state index contributed by atoms with van der Waals surface area (Å²) in [5.41, 5.74) is 8.39. The van der Waals surface area contributed by atoms with Crippen molar-refractivity contribution < 1.29 is 13.2 Å². The maximum absolute atomic E-state index is 12.3. The highest BCUT2D eigenvalue weighted by molar-refractivity contribution is 7.92. The molecular weight excluding hydrogens is 436 g/mol. The van der Waals surface area contributed by atoms with Gasteiger partial charge < -0.3 is 15.4 Å². The van der Waals surface area contributed by atoms with Crippen molar-refractivity contribution in [1.29, 1.82) is 0 Å². The van der Waals surface area contributed by atoms with Crippen LogP contribution in [0.2, 0.25) is 0 Å². The Labute approximate surface area is 195 Å². The molecule has 0 saturated heterocycles. The number of likely N-dealkylation sites (N-methyl/N-ethyl adjacent to an activating group) is 1. The molecule has 0 spiro atoms. The summed E-state index contributed by atoms with van der Waals surface area (Å²) in [6, 6.07) is 14.1. The molecule has 0 aliphatic rings. The van der Waals surface area contributed by atoms with E-state index in [1.54, 1.807) is 44.3 Å². The highest BCUT2D eigenvalue weighted by Crippen LogP contribution is 2.22. The quantitative estimate of drug-likeness (QED) is 0.536. The average Bonchev–Trinajstić information content (AvgIpc) is 2.78. The molecule has 33 heavy (non-hydrogen) atoms. The largest absolute Gasteiger partial charge is 0.492 e. The first-order chi connectivity index (χ1) is 15.7. The van der Waals surface area contributed by atoms with Crippen molar-refractivity contribution in [3.8, 4) is 28.8 Å². The predicted molar refractivity (Wildman–Crippen MR) is 131 cm³/mol. The molecule has 0 amide bonds. The van der Waals surface area contributed by atoms with Crippen LogP contribution >= 0.6 is 0 Å². The Morgan fingerprint density at radius 3 is 2.48 bits per heavy atom. The zero-order valence-corrected chi connectivity index (χ0v) is 20.1. The molecule has 2 N–H and O–H groups in total. The van der Waals surface area contributed by atoms with Gasteiger partial charge in [-0.15, -0.1) is 0 Å². The fourth-order valence-electron chi connectivity index (χ4n) is 2.86. The van der Waals surface area contributed by atoms with Crippen molar-refractivity contribution in [3.05, 3.63) is 66.0 Å². The van der Waals surface area contributed by atoms with Crippen molar-refractivity contribution in [2.45, 2.75) is 24.0 Å². The molecule has 0 unspecified atom stereocenters. The zero-order valence-electron chi connectivity index (χ0n) is 19.2. The first-order valence-corrected chi connectivity index (χ1v) is 12.1. The molecule has 0 fully saturated rings. The normalized spacial score (nSPS) is 11.3. The molecule has 0 bridgehead atoms. The Morgan fingerprint density at radius 2 is 1.82 bits per heavy atom. The Balaban J connectivity index is 1.82. The van der Waals surface area contributed by atoms with Crippen LogP contribution in [0, 0.1) is 11.8 Å². The summed E-state index contributed by atoms with van der Waals surface area (Å²) >= 11 is 0. The number of anilines is 1. The van der Waals surface area contributed by atoms with Gasteiger partial charge in [0.15, 0.2) is 21.3 Å². The van der Waals surface area contributed by atoms with E-state index < -0.39 is 15.1 Å². The van der Waals surface area contributed by atoms with E-state index in [2.05, 4.69) is 26.7 Å². The van der Waals surface area contributed by atoms with Crippen LogP contribution in [-0.2, 0) is 9.84 Å². The number of benzene rings is 2. The molecule has 1 aromatic heterocycles. The van der Waals surface area contributed by atoms with E-state index in [1.807, 2.05) is 38.4 Å². The van der Waals surface area contributed by atoms with E-state index in [1.165, 1.54) is 0 Å². The fourth-order valence-corrected chi connectivity index (χ4v) is 3.92. The minimum Gasteiger partial charge on any atom is -0.492 e. The summed E-state index contributed by atoms with van der Waals surface area (Å²) in [5.74, 6) is 7.01. The van der Waals surface area contributed by atoms with Gasteiger partial charge in [0.25, 0.3) is 0 Å². The SMILES string of the molecule is CC(C)S(=O)(=O)c1ccc(-c2cnc(N)c(C#Cc3cccc(OCCN(C)C)c3)n2)cc1. The standard InChI is InChI=1S/C25H28N4O3S/c1-18(2)33(30,31)22-11-9-20(10-12-22)24-17-27-25(26)23(28-24)13-8-19-6-5-7-21(16-19)32-15-14-29(3)4/h5-7,9-12,16-18H,14-15H2,1-4H3,(H2,26,27). The molecule has 0 atom stereocenters. The molecule has 0 saturated carbocycles. The Hall–Kier alpha value is -3.41. The molecule has 1 heterocycles. The second kappa shape index (κ2) is 10.5. The number of hydrogen-bond acceptors (Lipinski definition) is 7. The highest BCUT2D eigenvalue weighted by Gasteiger charge is 2.19. The second-order valence-electron chi connectivity index (χ2n) is 8.04. The molecule has 0 aliphatic heterocycles. The van der Waals surface area contributed by atoms with Crippen molar-refractivity contribution in [2.75, 3.05) is 33.0 Å². The van der Waals surface area contributed by atoms with Crippen LogP contribution in [-0.4, -0.2) is 55.8 Å². The summed E-state index contributed by atoms with van der Waals surface area (Å²) in [4.78, 5) is 11.1. The van der Waals surface area contributed by atoms with Crippen LogP contribution in [0.3, 0.4) is 0 Å². The first-order valence-electron chi connectivity index (χ1n) is 10.5. The van der Waals surface area contributed by atoms with Crippen LogP contribution < -0.4 is 10.5 Å². The van der Waals surface area contributed by atoms with Gasteiger partial charge in [0.2, 0.25) is 0 Å². The van der Waals surface area contributed by atoms with Gasteiger partial charge in [-0.3, -0.25) is 0 Å². The van der Waals surface area contributed by atoms with E-state index >= 15 is 0 Å². The molecule has 8 heteroatoms. The minimum atomic E-state index is -3.33. The Kier molecular flexibility index (Phi) is 7.69. The van der Waals surface area contributed by atoms with Crippen molar-refractivity contribution in [1.82, 2.24) is 14.9 Å². The van der Waals surface area contributed by atoms with Crippen LogP contribution in [0.25, 0.3) is 11.3 Å². The molecule has 3 rings (SSSR count). The minimum absolute atomic E-state index is 0.226. The first kappa shape index (κ1) is 24.2. The van der Waals surface area contributed by atoms with Crippen LogP contribution in [0.4, 0.5) is 5.82 Å². The number of sulfone groups is 1. The van der Waals surface area contributed by atoms with Crippen LogP contribution in [0.1, 0.15) is 25.1 Å². The lowest BCUT2D eigenvalue weighted by Gasteiger charge is -2.10. The number of hydrogen-bond donors (Lipinski definition) is 1. The van der Waals surface area contributed by atoms with E-state index in [9.17, 15) is 8.42 Å². The number of nitrogens with zero attached hydrogens (tertiary/aromatic N) is 3. The maximum Gasteiger partial charge on any atom is 0.180 e. The molecule has 7 nitrogen and oxygen atoms in total. The highest BCUT2D eigenvalue weighted by atomic mass is 32.2. The number of nitrogens with two attached hydrogens (primary N) is 1. The summed E-state index contributed by atoms with van der Waals surface area (Å²) in [6.07, 6.45) is 1.55. The molecule has 0 aliphatic carbocycles. The van der Waals surface area contributed by atoms with Gasteiger partial charge in [0.1, 0.15) is 12.4 Å². The second-order valence-corrected chi connectivity index (χ2v) is 10.5. The number of nitrogen functional groups attached to an aromatic ring is 1. The smallest absolute Gasteiger partial charge is 0.180 e. The van der Waals surface area contributed by atoms with Gasteiger partial charge in [-0.1, -0.05) is 24.1 Å². The summed E-state index contributed by atoms with van der Waals surface area (Å²) in [6.45, 7) is 4.72. The van der Waals surface area contributed by atoms with Gasteiger partial charge in [-0.2, -0.15) is 0 Å². The monoisotopic (exact) mass is 464 g/mol. The molecule has 0 radical (unpaired) electrons. The molecule has 172 valence electrons. The van der Waals surface area contributed by atoms with Gasteiger partial charge in [-0.05, 0) is 64.2 Å². The topological polar surface area (TPSA) is 98.4 Å². The van der Waals surface area contributed by atoms with Gasteiger partial charge in [-0.25, -0.2) is 18.4 Å². The number of rotatable bonds is 7. The predicted octanol–water partition coefficient (Wildman–Crippen LogP) is 3.25. The third-order valence-corrected chi connectivity index (χ3v) is 7.04. The summed E-state index contributed by atoms with van der Waals surface area (Å²) < 4.78 is 30.4. The Bertz CT molecular complexity index is 1270. The fraction of sp³-hybridized carbons (Fsp3) is 0.280. The van der Waals surface area contributed by atoms with E-state index in [-0.39, 0.29) is 10.7 Å². The lowest BCUT2D eigenvalue weighted by Crippen LogP contribution is -2.19. The Morgan fingerprint density at radius 1 is 1.09 bits per heavy atom. The van der Waals surface area contributed by atoms with E-state index in [0.717, 1.165) is 23.4 Å². The average molecular weight is 465 g/mol. The van der Waals surface area contributed by atoms with Gasteiger partial charge in [0, 0.05) is 17.7 Å². The molecular formula is C25H28N4O3S. The lowest BCUT2D eigenvalue weighted by molar-refractivity contribution is 0.261. The summed E-state index contributed by atoms with van der Waals surface area (Å²) in [5, 5.41) is -0.488. The van der Waals surface area contributed by atoms with Crippen molar-refractivity contribution >= 4 is 15.7 Å². The van der Waals surface area contributed by atoms with Crippen molar-refractivity contribution in [2.24, 2.45) is 0 Å². The maximum atomic E-state index is 12.3. The molecule has 2 aromatic carbocycles. The number of aromatic nitrogens is 2. The van der Waals surface area contributed by atoms with Crippen LogP contribution in [0.15, 0.2) is 59.6 Å². The third-order valence-electron chi connectivity index (χ3n) is 4.87. The van der Waals surface area contributed by atoms with Gasteiger partial charge in [0.05, 0.1) is 22.0 Å². The van der Waals surface area contributed by atoms with Gasteiger partial charge >= 0.3 is 0 Å². The third kappa shape index (κ3) is 6.31. The van der Waals surface area contributed by atoms with Crippen LogP contribution in [0.5, 0.6) is 5.75 Å². The van der Waals surface area contributed by atoms with Crippen molar-refractivity contribution in [3.63, 3.8) is 0 Å². The van der Waals surface area contributed by atoms with E-state index in [4.69, 9.17) is 10.5 Å². The zero-order chi connectivity index (χ0) is 24.0.